The number of hydrogen-bond acceptors (Lipinski definition) is 4. The largest absolute Gasteiger partial charge is 0.465 e. The Kier molecular flexibility index (Phi) is 14.3. The predicted molar refractivity (Wildman–Crippen MR) is 134 cm³/mol. The molecule has 1 aliphatic rings. The summed E-state index contributed by atoms with van der Waals surface area (Å²) in [4.78, 5) is 25.2. The van der Waals surface area contributed by atoms with E-state index in [1.807, 2.05) is 42.5 Å². The fraction of sp³-hybridized carbons (Fsp3) is 0.655. The smallest absolute Gasteiger partial charge is 0.310 e. The van der Waals surface area contributed by atoms with E-state index in [4.69, 9.17) is 9.47 Å². The molecule has 0 heterocycles. The molecule has 0 saturated carbocycles. The van der Waals surface area contributed by atoms with Crippen LogP contribution in [0.4, 0.5) is 0 Å². The topological polar surface area (TPSA) is 52.6 Å². The van der Waals surface area contributed by atoms with Crippen molar-refractivity contribution in [1.82, 2.24) is 0 Å². The zero-order valence-corrected chi connectivity index (χ0v) is 20.6. The molecule has 0 amide bonds. The molecular formula is C29H44O4. The first kappa shape index (κ1) is 27.1. The van der Waals surface area contributed by atoms with Crippen LogP contribution in [0.5, 0.6) is 0 Å². The Morgan fingerprint density at radius 1 is 0.697 bits per heavy atom. The molecule has 4 nitrogen and oxygen atoms in total. The average molecular weight is 457 g/mol. The third-order valence-electron chi connectivity index (χ3n) is 6.51. The van der Waals surface area contributed by atoms with Crippen LogP contribution in [0.2, 0.25) is 0 Å². The first-order valence-corrected chi connectivity index (χ1v) is 13.2. The van der Waals surface area contributed by atoms with Crippen molar-refractivity contribution in [1.29, 1.82) is 0 Å². The Hall–Kier alpha value is -2.10. The average Bonchev–Trinajstić information content (AvgIpc) is 2.85. The highest BCUT2D eigenvalue weighted by molar-refractivity contribution is 5.82. The van der Waals surface area contributed by atoms with E-state index in [-0.39, 0.29) is 11.9 Å². The minimum atomic E-state index is -0.435. The number of esters is 2. The molecule has 2 rings (SSSR count). The van der Waals surface area contributed by atoms with Crippen LogP contribution < -0.4 is 0 Å². The lowest BCUT2D eigenvalue weighted by atomic mass is 9.83. The van der Waals surface area contributed by atoms with Gasteiger partial charge in [-0.15, -0.1) is 0 Å². The summed E-state index contributed by atoms with van der Waals surface area (Å²) in [7, 11) is 0. The van der Waals surface area contributed by atoms with Crippen LogP contribution in [0.15, 0.2) is 42.5 Å². The summed E-state index contributed by atoms with van der Waals surface area (Å²) in [6, 6.07) is 9.96. The van der Waals surface area contributed by atoms with Crippen LogP contribution >= 0.6 is 0 Å². The maximum atomic E-state index is 12.6. The quantitative estimate of drug-likeness (QED) is 0.141. The molecule has 4 heteroatoms. The van der Waals surface area contributed by atoms with Gasteiger partial charge in [0.25, 0.3) is 0 Å². The lowest BCUT2D eigenvalue weighted by molar-refractivity contribution is -0.161. The Morgan fingerprint density at radius 3 is 1.73 bits per heavy atom. The summed E-state index contributed by atoms with van der Waals surface area (Å²) in [6.45, 7) is 3.04. The summed E-state index contributed by atoms with van der Waals surface area (Å²) in [5, 5.41) is 0. The molecule has 0 aromatic heterocycles. The van der Waals surface area contributed by atoms with E-state index in [0.717, 1.165) is 18.4 Å². The Bertz CT molecular complexity index is 682. The molecule has 2 unspecified atom stereocenters. The van der Waals surface area contributed by atoms with Gasteiger partial charge in [0.2, 0.25) is 0 Å². The number of benzene rings is 1. The predicted octanol–water partition coefficient (Wildman–Crippen LogP) is 7.21. The molecule has 1 aromatic rings. The summed E-state index contributed by atoms with van der Waals surface area (Å²) < 4.78 is 11.0. The monoisotopic (exact) mass is 456 g/mol. The summed E-state index contributed by atoms with van der Waals surface area (Å²) in [5.74, 6) is -1.40. The molecule has 33 heavy (non-hydrogen) atoms. The van der Waals surface area contributed by atoms with E-state index in [9.17, 15) is 9.59 Å². The molecule has 0 aliphatic heterocycles. The lowest BCUT2D eigenvalue weighted by Gasteiger charge is -2.25. The summed E-state index contributed by atoms with van der Waals surface area (Å²) in [6.07, 6.45) is 19.6. The molecule has 1 aromatic carbocycles. The van der Waals surface area contributed by atoms with Crippen LogP contribution in [0.25, 0.3) is 0 Å². The van der Waals surface area contributed by atoms with E-state index in [1.165, 1.54) is 57.8 Å². The van der Waals surface area contributed by atoms with Gasteiger partial charge in [0.05, 0.1) is 25.0 Å². The van der Waals surface area contributed by atoms with Crippen molar-refractivity contribution in [3.05, 3.63) is 48.0 Å². The van der Waals surface area contributed by atoms with E-state index >= 15 is 0 Å². The lowest BCUT2D eigenvalue weighted by Crippen LogP contribution is -2.34. The minimum Gasteiger partial charge on any atom is -0.465 e. The van der Waals surface area contributed by atoms with E-state index in [1.54, 1.807) is 0 Å². The van der Waals surface area contributed by atoms with Crippen molar-refractivity contribution in [2.24, 2.45) is 11.8 Å². The molecule has 1 aliphatic carbocycles. The fourth-order valence-corrected chi connectivity index (χ4v) is 4.40. The van der Waals surface area contributed by atoms with Gasteiger partial charge in [0, 0.05) is 6.42 Å². The van der Waals surface area contributed by atoms with Crippen molar-refractivity contribution < 1.29 is 19.1 Å². The van der Waals surface area contributed by atoms with Crippen LogP contribution in [-0.2, 0) is 25.5 Å². The minimum absolute atomic E-state index is 0.253. The van der Waals surface area contributed by atoms with Gasteiger partial charge in [-0.25, -0.2) is 0 Å². The maximum absolute atomic E-state index is 12.6. The van der Waals surface area contributed by atoms with E-state index < -0.39 is 11.8 Å². The molecule has 0 spiro atoms. The van der Waals surface area contributed by atoms with Gasteiger partial charge in [-0.1, -0.05) is 114 Å². The fourth-order valence-electron chi connectivity index (χ4n) is 4.40. The maximum Gasteiger partial charge on any atom is 0.310 e. The third kappa shape index (κ3) is 11.5. The molecule has 184 valence electrons. The second-order valence-electron chi connectivity index (χ2n) is 9.26. The number of carbonyl (C=O) groups is 2. The van der Waals surface area contributed by atoms with Crippen LogP contribution in [0.1, 0.15) is 96.0 Å². The number of unbranched alkanes of at least 4 members (excludes halogenated alkanes) is 10. The zero-order chi connectivity index (χ0) is 23.6. The molecule has 0 saturated heterocycles. The number of carbonyl (C=O) groups excluding carboxylic acids is 2. The van der Waals surface area contributed by atoms with Gasteiger partial charge >= 0.3 is 11.9 Å². The Morgan fingerprint density at radius 2 is 1.18 bits per heavy atom. The second-order valence-corrected chi connectivity index (χ2v) is 9.26. The third-order valence-corrected chi connectivity index (χ3v) is 6.51. The molecule has 0 fully saturated rings. The highest BCUT2D eigenvalue weighted by Gasteiger charge is 2.36. The van der Waals surface area contributed by atoms with Crippen molar-refractivity contribution in [3.63, 3.8) is 0 Å². The molecule has 0 N–H and O–H groups in total. The van der Waals surface area contributed by atoms with E-state index in [2.05, 4.69) is 6.92 Å². The van der Waals surface area contributed by atoms with Crippen molar-refractivity contribution in [2.75, 3.05) is 13.2 Å². The van der Waals surface area contributed by atoms with Crippen molar-refractivity contribution in [3.8, 4) is 0 Å². The SMILES string of the molecule is CCCCCCCCCCCCCOC(=O)C1CC=CCC1C(=O)OCCc1ccccc1. The van der Waals surface area contributed by atoms with Gasteiger partial charge in [-0.3, -0.25) is 9.59 Å². The summed E-state index contributed by atoms with van der Waals surface area (Å²) in [5.41, 5.74) is 1.14. The Labute approximate surface area is 201 Å². The molecular weight excluding hydrogens is 412 g/mol. The van der Waals surface area contributed by atoms with Gasteiger partial charge < -0.3 is 9.47 Å². The van der Waals surface area contributed by atoms with Gasteiger partial charge in [-0.2, -0.15) is 0 Å². The van der Waals surface area contributed by atoms with Crippen LogP contribution in [-0.4, -0.2) is 25.2 Å². The second kappa shape index (κ2) is 17.4. The van der Waals surface area contributed by atoms with Gasteiger partial charge in [-0.05, 0) is 24.8 Å². The number of rotatable bonds is 17. The van der Waals surface area contributed by atoms with Crippen molar-refractivity contribution in [2.45, 2.75) is 96.8 Å². The highest BCUT2D eigenvalue weighted by Crippen LogP contribution is 2.28. The first-order chi connectivity index (χ1) is 16.2. The normalized spacial score (nSPS) is 17.6. The van der Waals surface area contributed by atoms with Crippen LogP contribution in [0, 0.1) is 11.8 Å². The standard InChI is InChI=1S/C29H44O4/c1-2-3-4-5-6-7-8-9-10-11-17-23-32-28(30)26-20-15-16-21-27(26)29(31)33-24-22-25-18-13-12-14-19-25/h12-16,18-19,26-27H,2-11,17,20-24H2,1H3. The Balaban J connectivity index is 1.56. The number of allylic oxidation sites excluding steroid dienone is 2. The first-order valence-electron chi connectivity index (χ1n) is 13.2. The number of hydrogen-bond donors (Lipinski definition) is 0. The zero-order valence-electron chi connectivity index (χ0n) is 20.6. The highest BCUT2D eigenvalue weighted by atomic mass is 16.5. The van der Waals surface area contributed by atoms with Crippen LogP contribution in [0.3, 0.4) is 0 Å². The summed E-state index contributed by atoms with van der Waals surface area (Å²) >= 11 is 0. The van der Waals surface area contributed by atoms with E-state index in [0.29, 0.717) is 32.5 Å². The molecule has 2 atom stereocenters. The van der Waals surface area contributed by atoms with Gasteiger partial charge in [0.1, 0.15) is 0 Å². The molecule has 0 radical (unpaired) electrons. The number of ether oxygens (including phenoxy) is 2. The van der Waals surface area contributed by atoms with Gasteiger partial charge in [0.15, 0.2) is 0 Å². The molecule has 0 bridgehead atoms. The van der Waals surface area contributed by atoms with Crippen molar-refractivity contribution >= 4 is 11.9 Å².